The first-order valence-corrected chi connectivity index (χ1v) is 20.4. The minimum absolute atomic E-state index is 0.0206. The maximum absolute atomic E-state index is 14.4. The van der Waals surface area contributed by atoms with Crippen LogP contribution in [0.4, 0.5) is 0 Å². The van der Waals surface area contributed by atoms with E-state index in [2.05, 4.69) is 20.8 Å². The van der Waals surface area contributed by atoms with Crippen molar-refractivity contribution < 1.29 is 53.7 Å². The lowest BCUT2D eigenvalue weighted by atomic mass is 9.72. The molecule has 0 radical (unpaired) electrons. The average Bonchev–Trinajstić information content (AvgIpc) is 3.54. The highest BCUT2D eigenvalue weighted by atomic mass is 16.8. The zero-order valence-electron chi connectivity index (χ0n) is 33.0. The van der Waals surface area contributed by atoms with Gasteiger partial charge in [-0.25, -0.2) is 0 Å². The summed E-state index contributed by atoms with van der Waals surface area (Å²) in [6.07, 6.45) is 5.42. The summed E-state index contributed by atoms with van der Waals surface area (Å²) in [6, 6.07) is 0. The summed E-state index contributed by atoms with van der Waals surface area (Å²) in [5, 5.41) is 43.7. The van der Waals surface area contributed by atoms with Gasteiger partial charge in [0.25, 0.3) is 0 Å². The Hall–Kier alpha value is -1.44. The molecule has 2 unspecified atom stereocenters. The van der Waals surface area contributed by atoms with Crippen LogP contribution in [0.15, 0.2) is 12.2 Å². The second-order valence-corrected chi connectivity index (χ2v) is 17.2. The van der Waals surface area contributed by atoms with Crippen LogP contribution in [0.2, 0.25) is 0 Å². The van der Waals surface area contributed by atoms with Crippen molar-refractivity contribution in [2.45, 2.75) is 193 Å². The predicted molar refractivity (Wildman–Crippen MR) is 194 cm³/mol. The van der Waals surface area contributed by atoms with Crippen LogP contribution in [0.5, 0.6) is 0 Å². The van der Waals surface area contributed by atoms with Gasteiger partial charge < -0.3 is 44.1 Å². The molecule has 52 heavy (non-hydrogen) atoms. The summed E-state index contributed by atoms with van der Waals surface area (Å²) in [4.78, 5) is 26.3. The SMILES string of the molecule is CC[C@@H](C(=O)[C@@H](C)[C@@H](O)[C@H](C)[C@@H]1O[C@@H]([C@@H](CC)C(=O)O)CC[C@@H]1C)C1O[C@]2(C=C[C@@H](O)[C@]3(CCC([C@H]4CC[C@](O)(CC)[C@H](C)O4)O3)O2)[C@H](C)C[C@@H]1C. The number of hydrogen-bond donors (Lipinski definition) is 4. The molecule has 0 saturated carbocycles. The maximum Gasteiger partial charge on any atom is 0.309 e. The minimum atomic E-state index is -1.33. The number of aliphatic carboxylic acids is 1. The molecule has 11 heteroatoms. The van der Waals surface area contributed by atoms with Gasteiger partial charge in [0, 0.05) is 30.1 Å². The third-order valence-electron chi connectivity index (χ3n) is 14.0. The van der Waals surface area contributed by atoms with Crippen LogP contribution in [-0.2, 0) is 33.3 Å². The molecule has 0 aromatic heterocycles. The quantitative estimate of drug-likeness (QED) is 0.179. The van der Waals surface area contributed by atoms with Crippen LogP contribution in [0.3, 0.4) is 0 Å². The third-order valence-corrected chi connectivity index (χ3v) is 14.0. The van der Waals surface area contributed by atoms with Gasteiger partial charge in [-0.05, 0) is 88.7 Å². The fourth-order valence-corrected chi connectivity index (χ4v) is 10.2. The molecule has 5 heterocycles. The van der Waals surface area contributed by atoms with Crippen molar-refractivity contribution in [3.05, 3.63) is 12.2 Å². The van der Waals surface area contributed by atoms with Crippen molar-refractivity contribution in [2.24, 2.45) is 41.4 Å². The van der Waals surface area contributed by atoms with Gasteiger partial charge in [0.2, 0.25) is 5.79 Å². The number of carboxylic acid groups (broad SMARTS) is 1. The van der Waals surface area contributed by atoms with Gasteiger partial charge in [-0.2, -0.15) is 0 Å². The Labute approximate surface area is 311 Å². The minimum Gasteiger partial charge on any atom is -0.481 e. The topological polar surface area (TPSA) is 161 Å². The molecule has 0 aliphatic carbocycles. The van der Waals surface area contributed by atoms with Crippen LogP contribution in [0.25, 0.3) is 0 Å². The van der Waals surface area contributed by atoms with Gasteiger partial charge in [-0.1, -0.05) is 55.4 Å². The fourth-order valence-electron chi connectivity index (χ4n) is 10.2. The maximum atomic E-state index is 14.4. The van der Waals surface area contributed by atoms with E-state index in [1.165, 1.54) is 0 Å². The first-order chi connectivity index (χ1) is 24.5. The first-order valence-electron chi connectivity index (χ1n) is 20.4. The molecular formula is C41H68O11. The number of carbonyl (C=O) groups is 2. The largest absolute Gasteiger partial charge is 0.481 e. The summed E-state index contributed by atoms with van der Waals surface area (Å²) >= 11 is 0. The summed E-state index contributed by atoms with van der Waals surface area (Å²) in [6.45, 7) is 17.6. The molecule has 4 saturated heterocycles. The highest BCUT2D eigenvalue weighted by molar-refractivity contribution is 5.84. The number of hydrogen-bond acceptors (Lipinski definition) is 10. The van der Waals surface area contributed by atoms with E-state index in [-0.39, 0.29) is 53.9 Å². The van der Waals surface area contributed by atoms with E-state index in [0.717, 1.165) is 12.8 Å². The average molecular weight is 737 g/mol. The summed E-state index contributed by atoms with van der Waals surface area (Å²) in [5.41, 5.74) is -0.859. The lowest BCUT2D eigenvalue weighted by molar-refractivity contribution is -0.401. The molecule has 5 aliphatic heterocycles. The third kappa shape index (κ3) is 7.81. The number of aliphatic hydroxyl groups excluding tert-OH is 2. The lowest BCUT2D eigenvalue weighted by Crippen LogP contribution is -2.62. The van der Waals surface area contributed by atoms with E-state index in [1.807, 2.05) is 34.6 Å². The molecule has 0 aromatic rings. The second kappa shape index (κ2) is 16.3. The molecule has 298 valence electrons. The van der Waals surface area contributed by atoms with E-state index in [0.29, 0.717) is 51.4 Å². The number of carbonyl (C=O) groups excluding carboxylic acids is 1. The number of rotatable bonds is 12. The number of ether oxygens (including phenoxy) is 5. The van der Waals surface area contributed by atoms with Crippen molar-refractivity contribution in [2.75, 3.05) is 0 Å². The number of Topliss-reactive ketones (excluding diaryl/α,β-unsaturated/α-hetero) is 1. The molecule has 4 N–H and O–H groups in total. The van der Waals surface area contributed by atoms with Gasteiger partial charge in [0.15, 0.2) is 5.79 Å². The van der Waals surface area contributed by atoms with Gasteiger partial charge in [-0.3, -0.25) is 9.59 Å². The van der Waals surface area contributed by atoms with Gasteiger partial charge in [0.1, 0.15) is 11.9 Å². The number of aliphatic hydroxyl groups is 3. The van der Waals surface area contributed by atoms with Crippen LogP contribution in [0.1, 0.15) is 127 Å². The Morgan fingerprint density at radius 2 is 1.54 bits per heavy atom. The van der Waals surface area contributed by atoms with E-state index < -0.39 is 65.3 Å². The van der Waals surface area contributed by atoms with E-state index in [4.69, 9.17) is 23.7 Å². The van der Waals surface area contributed by atoms with Crippen LogP contribution in [-0.4, -0.2) is 98.2 Å². The summed E-state index contributed by atoms with van der Waals surface area (Å²) in [7, 11) is 0. The van der Waals surface area contributed by atoms with Crippen molar-refractivity contribution in [3.8, 4) is 0 Å². The Morgan fingerprint density at radius 1 is 0.865 bits per heavy atom. The summed E-state index contributed by atoms with van der Waals surface area (Å²) in [5.74, 6) is -5.69. The standard InChI is InChI=1S/C41H68O11/c1-10-28(38(45)46)30-14-13-22(4)36(49-30)26(8)34(43)25(7)35(44)29(11-2)37-23(5)21-24(6)40(51-37)20-17-33(42)41(52-40)19-16-32(50-41)31-15-18-39(47,12-3)27(9)48-31/h17,20,22-34,36-37,42-43,47H,10-16,18-19,21H2,1-9H3,(H,45,46)/t22-,23-,24+,25-,26-,27-,28+,29-,30+,31+,32?,33+,34+,36+,37?,39+,40-,41-/m0/s1. The van der Waals surface area contributed by atoms with Gasteiger partial charge in [0.05, 0.1) is 54.2 Å². The lowest BCUT2D eigenvalue weighted by Gasteiger charge is -2.53. The Bertz CT molecular complexity index is 1270. The molecule has 5 rings (SSSR count). The monoisotopic (exact) mass is 736 g/mol. The van der Waals surface area contributed by atoms with Crippen LogP contribution >= 0.6 is 0 Å². The van der Waals surface area contributed by atoms with Gasteiger partial charge in [-0.15, -0.1) is 0 Å². The van der Waals surface area contributed by atoms with E-state index in [9.17, 15) is 30.0 Å². The Morgan fingerprint density at radius 3 is 2.15 bits per heavy atom. The molecule has 4 fully saturated rings. The predicted octanol–water partition coefficient (Wildman–Crippen LogP) is 5.80. The van der Waals surface area contributed by atoms with Crippen molar-refractivity contribution >= 4 is 11.8 Å². The molecule has 2 spiro atoms. The molecule has 0 aromatic carbocycles. The zero-order chi connectivity index (χ0) is 38.3. The number of carboxylic acids is 1. The van der Waals surface area contributed by atoms with Crippen LogP contribution < -0.4 is 0 Å². The highest BCUT2D eigenvalue weighted by Crippen LogP contribution is 2.51. The van der Waals surface area contributed by atoms with Gasteiger partial charge >= 0.3 is 5.97 Å². The molecular weight excluding hydrogens is 668 g/mol. The normalized spacial score (nSPS) is 45.4. The van der Waals surface area contributed by atoms with Crippen molar-refractivity contribution in [1.82, 2.24) is 0 Å². The van der Waals surface area contributed by atoms with E-state index in [1.54, 1.807) is 19.1 Å². The number of ketones is 1. The summed E-state index contributed by atoms with van der Waals surface area (Å²) < 4.78 is 33.1. The Balaban J connectivity index is 1.29. The second-order valence-electron chi connectivity index (χ2n) is 17.2. The fraction of sp³-hybridized carbons (Fsp3) is 0.902. The van der Waals surface area contributed by atoms with Crippen molar-refractivity contribution in [1.29, 1.82) is 0 Å². The molecule has 11 nitrogen and oxygen atoms in total. The first kappa shape index (κ1) is 41.7. The molecule has 0 amide bonds. The molecule has 18 atom stereocenters. The Kier molecular flexibility index (Phi) is 13.1. The molecule has 0 bridgehead atoms. The zero-order valence-corrected chi connectivity index (χ0v) is 33.0. The smallest absolute Gasteiger partial charge is 0.309 e. The highest BCUT2D eigenvalue weighted by Gasteiger charge is 2.60. The van der Waals surface area contributed by atoms with E-state index >= 15 is 0 Å². The molecule has 5 aliphatic rings. The van der Waals surface area contributed by atoms with Crippen molar-refractivity contribution in [3.63, 3.8) is 0 Å². The van der Waals surface area contributed by atoms with Crippen LogP contribution in [0, 0.1) is 41.4 Å².